The summed E-state index contributed by atoms with van der Waals surface area (Å²) in [4.78, 5) is 7.96. The van der Waals surface area contributed by atoms with Crippen molar-refractivity contribution in [2.75, 3.05) is 0 Å². The van der Waals surface area contributed by atoms with Gasteiger partial charge in [0.2, 0.25) is 0 Å². The van der Waals surface area contributed by atoms with Gasteiger partial charge >= 0.3 is 6.01 Å². The van der Waals surface area contributed by atoms with Gasteiger partial charge in [0.05, 0.1) is 11.1 Å². The van der Waals surface area contributed by atoms with Crippen LogP contribution in [-0.4, -0.2) is 15.1 Å². The first-order chi connectivity index (χ1) is 8.19. The van der Waals surface area contributed by atoms with E-state index >= 15 is 0 Å². The summed E-state index contributed by atoms with van der Waals surface area (Å²) in [6, 6.07) is 5.78. The highest BCUT2D eigenvalue weighted by atomic mass is 79.9. The number of aliphatic hydroxyl groups is 1. The van der Waals surface area contributed by atoms with Gasteiger partial charge in [0.15, 0.2) is 0 Å². The summed E-state index contributed by atoms with van der Waals surface area (Å²) in [6.07, 6.45) is 3.05. The van der Waals surface area contributed by atoms with Crippen molar-refractivity contribution in [3.05, 3.63) is 45.1 Å². The summed E-state index contributed by atoms with van der Waals surface area (Å²) in [5.74, 6) is 0.630. The number of benzene rings is 1. The number of aromatic nitrogens is 2. The zero-order chi connectivity index (χ0) is 12.3. The molecule has 1 heterocycles. The van der Waals surface area contributed by atoms with Crippen molar-refractivity contribution in [3.8, 4) is 11.8 Å². The van der Waals surface area contributed by atoms with Crippen LogP contribution in [0.4, 0.5) is 0 Å². The van der Waals surface area contributed by atoms with E-state index in [1.165, 1.54) is 12.4 Å². The van der Waals surface area contributed by atoms with Crippen LogP contribution in [0.1, 0.15) is 5.56 Å². The largest absolute Gasteiger partial charge is 0.423 e. The van der Waals surface area contributed by atoms with E-state index in [2.05, 4.69) is 41.8 Å². The number of hydrogen-bond acceptors (Lipinski definition) is 4. The zero-order valence-electron chi connectivity index (χ0n) is 8.60. The molecule has 0 unspecified atom stereocenters. The maximum absolute atomic E-state index is 8.86. The lowest BCUT2D eigenvalue weighted by Crippen LogP contribution is -1.94. The van der Waals surface area contributed by atoms with Crippen LogP contribution in [-0.2, 0) is 6.61 Å². The maximum atomic E-state index is 8.86. The molecular weight excluding hydrogens is 352 g/mol. The number of halogens is 2. The second-order valence-electron chi connectivity index (χ2n) is 3.21. The van der Waals surface area contributed by atoms with Gasteiger partial charge in [-0.3, -0.25) is 0 Å². The zero-order valence-corrected chi connectivity index (χ0v) is 11.8. The second kappa shape index (κ2) is 5.57. The number of hydrogen-bond donors (Lipinski definition) is 1. The van der Waals surface area contributed by atoms with E-state index in [1.54, 1.807) is 6.07 Å². The van der Waals surface area contributed by atoms with Crippen molar-refractivity contribution in [1.29, 1.82) is 0 Å². The van der Waals surface area contributed by atoms with E-state index in [-0.39, 0.29) is 12.6 Å². The van der Waals surface area contributed by atoms with E-state index in [0.29, 0.717) is 11.3 Å². The van der Waals surface area contributed by atoms with Crippen LogP contribution in [0.3, 0.4) is 0 Å². The van der Waals surface area contributed by atoms with Gasteiger partial charge in [-0.2, -0.15) is 0 Å². The van der Waals surface area contributed by atoms with Gasteiger partial charge in [-0.05, 0) is 34.1 Å². The monoisotopic (exact) mass is 358 g/mol. The number of ether oxygens (including phenoxy) is 1. The lowest BCUT2D eigenvalue weighted by Gasteiger charge is -2.06. The molecule has 0 saturated carbocycles. The molecule has 2 aromatic rings. The summed E-state index contributed by atoms with van der Waals surface area (Å²) in [5.41, 5.74) is 0.646. The lowest BCUT2D eigenvalue weighted by molar-refractivity contribution is 0.280. The van der Waals surface area contributed by atoms with Gasteiger partial charge in [-0.1, -0.05) is 15.9 Å². The molecule has 0 aliphatic rings. The van der Waals surface area contributed by atoms with E-state index in [1.807, 2.05) is 12.1 Å². The molecule has 0 saturated heterocycles. The third kappa shape index (κ3) is 3.24. The highest BCUT2D eigenvalue weighted by Gasteiger charge is 2.05. The molecule has 0 fully saturated rings. The van der Waals surface area contributed by atoms with Gasteiger partial charge in [-0.15, -0.1) is 0 Å². The molecule has 0 spiro atoms. The Hall–Kier alpha value is -0.980. The van der Waals surface area contributed by atoms with Gasteiger partial charge in [-0.25, -0.2) is 9.97 Å². The summed E-state index contributed by atoms with van der Waals surface area (Å²) < 4.78 is 7.25. The predicted molar refractivity (Wildman–Crippen MR) is 69.9 cm³/mol. The lowest BCUT2D eigenvalue weighted by atomic mass is 10.3. The third-order valence-electron chi connectivity index (χ3n) is 1.96. The first-order valence-corrected chi connectivity index (χ1v) is 6.32. The molecule has 2 rings (SSSR count). The molecule has 1 aromatic carbocycles. The molecule has 4 nitrogen and oxygen atoms in total. The van der Waals surface area contributed by atoms with E-state index < -0.39 is 0 Å². The number of aliphatic hydroxyl groups excluding tert-OH is 1. The summed E-state index contributed by atoms with van der Waals surface area (Å²) in [5, 5.41) is 8.86. The molecule has 0 aliphatic heterocycles. The first kappa shape index (κ1) is 12.5. The van der Waals surface area contributed by atoms with E-state index in [4.69, 9.17) is 9.84 Å². The second-order valence-corrected chi connectivity index (χ2v) is 4.98. The average Bonchev–Trinajstić information content (AvgIpc) is 2.34. The molecule has 0 aliphatic carbocycles. The third-order valence-corrected chi connectivity index (χ3v) is 3.07. The Morgan fingerprint density at radius 2 is 1.88 bits per heavy atom. The van der Waals surface area contributed by atoms with Crippen molar-refractivity contribution in [2.45, 2.75) is 6.61 Å². The molecular formula is C11H8Br2N2O2. The fourth-order valence-electron chi connectivity index (χ4n) is 1.13. The predicted octanol–water partition coefficient (Wildman–Crippen LogP) is 3.29. The van der Waals surface area contributed by atoms with Crippen LogP contribution in [0.2, 0.25) is 0 Å². The molecule has 1 N–H and O–H groups in total. The molecule has 17 heavy (non-hydrogen) atoms. The van der Waals surface area contributed by atoms with Crippen LogP contribution >= 0.6 is 31.9 Å². The summed E-state index contributed by atoms with van der Waals surface area (Å²) >= 11 is 6.74. The molecule has 0 atom stereocenters. The quantitative estimate of drug-likeness (QED) is 0.913. The maximum Gasteiger partial charge on any atom is 0.321 e. The van der Waals surface area contributed by atoms with Crippen molar-refractivity contribution in [3.63, 3.8) is 0 Å². The van der Waals surface area contributed by atoms with Gasteiger partial charge in [0.25, 0.3) is 0 Å². The number of nitrogens with zero attached hydrogens (tertiary/aromatic N) is 2. The molecule has 0 amide bonds. The van der Waals surface area contributed by atoms with Crippen LogP contribution < -0.4 is 4.74 Å². The fourth-order valence-corrected chi connectivity index (χ4v) is 2.26. The Kier molecular flexibility index (Phi) is 4.09. The van der Waals surface area contributed by atoms with Crippen LogP contribution in [0.5, 0.6) is 11.8 Å². The van der Waals surface area contributed by atoms with E-state index in [0.717, 1.165) is 8.95 Å². The topological polar surface area (TPSA) is 55.2 Å². The minimum absolute atomic E-state index is 0.0811. The number of rotatable bonds is 3. The molecule has 6 heteroatoms. The Morgan fingerprint density at radius 3 is 2.47 bits per heavy atom. The average molecular weight is 360 g/mol. The first-order valence-electron chi connectivity index (χ1n) is 4.73. The Bertz CT molecular complexity index is 517. The highest BCUT2D eigenvalue weighted by molar-refractivity contribution is 9.11. The smallest absolute Gasteiger partial charge is 0.321 e. The van der Waals surface area contributed by atoms with Gasteiger partial charge in [0.1, 0.15) is 5.75 Å². The van der Waals surface area contributed by atoms with Gasteiger partial charge in [0, 0.05) is 22.4 Å². The minimum atomic E-state index is -0.0811. The molecule has 0 radical (unpaired) electrons. The Morgan fingerprint density at radius 1 is 1.18 bits per heavy atom. The molecule has 0 bridgehead atoms. The van der Waals surface area contributed by atoms with Crippen molar-refractivity contribution >= 4 is 31.9 Å². The Balaban J connectivity index is 2.19. The Labute approximate surface area is 115 Å². The normalized spacial score (nSPS) is 10.3. The van der Waals surface area contributed by atoms with Crippen molar-refractivity contribution in [1.82, 2.24) is 9.97 Å². The van der Waals surface area contributed by atoms with E-state index in [9.17, 15) is 0 Å². The van der Waals surface area contributed by atoms with Crippen LogP contribution in [0.25, 0.3) is 0 Å². The van der Waals surface area contributed by atoms with Crippen LogP contribution in [0, 0.1) is 0 Å². The van der Waals surface area contributed by atoms with Crippen molar-refractivity contribution < 1.29 is 9.84 Å². The molecule has 88 valence electrons. The standard InChI is InChI=1S/C11H8Br2N2O2/c12-8-1-2-10(9(13)3-8)17-11-14-4-7(6-16)5-15-11/h1-5,16H,6H2. The van der Waals surface area contributed by atoms with Crippen molar-refractivity contribution in [2.24, 2.45) is 0 Å². The highest BCUT2D eigenvalue weighted by Crippen LogP contribution is 2.30. The minimum Gasteiger partial charge on any atom is -0.423 e. The molecule has 1 aromatic heterocycles. The van der Waals surface area contributed by atoms with Gasteiger partial charge < -0.3 is 9.84 Å². The fraction of sp³-hybridized carbons (Fsp3) is 0.0909. The summed E-state index contributed by atoms with van der Waals surface area (Å²) in [7, 11) is 0. The van der Waals surface area contributed by atoms with Crippen LogP contribution in [0.15, 0.2) is 39.5 Å². The SMILES string of the molecule is OCc1cnc(Oc2ccc(Br)cc2Br)nc1. The summed E-state index contributed by atoms with van der Waals surface area (Å²) in [6.45, 7) is -0.0811.